The van der Waals surface area contributed by atoms with Crippen molar-refractivity contribution in [1.82, 2.24) is 4.72 Å². The molecule has 0 amide bonds. The molecule has 0 saturated carbocycles. The summed E-state index contributed by atoms with van der Waals surface area (Å²) in [5.41, 5.74) is 1.63. The third-order valence-corrected chi connectivity index (χ3v) is 2.03. The van der Waals surface area contributed by atoms with Crippen LogP contribution >= 0.6 is 0 Å². The summed E-state index contributed by atoms with van der Waals surface area (Å²) in [6.45, 7) is 1.92. The molecule has 0 saturated heterocycles. The summed E-state index contributed by atoms with van der Waals surface area (Å²) in [6.07, 6.45) is -1.11. The summed E-state index contributed by atoms with van der Waals surface area (Å²) in [5, 5.41) is 9.32. The molecule has 2 atom stereocenters. The van der Waals surface area contributed by atoms with E-state index in [0.29, 0.717) is 5.56 Å². The number of aryl methyl sites for hydroxylation is 1. The van der Waals surface area contributed by atoms with Gasteiger partial charge in [0.2, 0.25) is 11.3 Å². The van der Waals surface area contributed by atoms with Gasteiger partial charge in [-0.05, 0) is 12.5 Å². The van der Waals surface area contributed by atoms with Crippen LogP contribution in [0.3, 0.4) is 0 Å². The Morgan fingerprint density at radius 2 is 1.92 bits per heavy atom. The molecule has 5 heteroatoms. The first-order valence-electron chi connectivity index (χ1n) is 3.71. The zero-order valence-corrected chi connectivity index (χ0v) is 7.91. The molecule has 0 heterocycles. The van der Waals surface area contributed by atoms with Crippen LogP contribution in [0.2, 0.25) is 0 Å². The molecule has 2 unspecified atom stereocenters. The average Bonchev–Trinajstić information content (AvgIpc) is 2.04. The third-order valence-electron chi connectivity index (χ3n) is 1.61. The second kappa shape index (κ2) is 4.48. The molecule has 0 aromatic heterocycles. The molecule has 13 heavy (non-hydrogen) atoms. The fraction of sp³-hybridized carbons (Fsp3) is 0.250. The van der Waals surface area contributed by atoms with Crippen LogP contribution in [0.25, 0.3) is 0 Å². The zero-order chi connectivity index (χ0) is 9.84. The van der Waals surface area contributed by atoms with E-state index in [1.54, 1.807) is 12.1 Å². The van der Waals surface area contributed by atoms with Gasteiger partial charge in [0.1, 0.15) is 6.23 Å². The van der Waals surface area contributed by atoms with Crippen LogP contribution in [0.1, 0.15) is 17.4 Å². The predicted octanol–water partition coefficient (Wildman–Crippen LogP) is 0.712. The van der Waals surface area contributed by atoms with Gasteiger partial charge in [0, 0.05) is 0 Å². The zero-order valence-electron chi connectivity index (χ0n) is 7.10. The maximum absolute atomic E-state index is 10.3. The van der Waals surface area contributed by atoms with E-state index >= 15 is 0 Å². The maximum Gasteiger partial charge on any atom is 0.234 e. The molecule has 0 aliphatic carbocycles. The monoisotopic (exact) mass is 201 g/mol. The van der Waals surface area contributed by atoms with Crippen LogP contribution in [0.15, 0.2) is 24.3 Å². The largest absolute Gasteiger partial charge is 0.373 e. The summed E-state index contributed by atoms with van der Waals surface area (Å²) in [6, 6.07) is 7.03. The van der Waals surface area contributed by atoms with Crippen molar-refractivity contribution < 1.29 is 13.9 Å². The van der Waals surface area contributed by atoms with E-state index in [1.165, 1.54) is 0 Å². The van der Waals surface area contributed by atoms with Crippen molar-refractivity contribution in [3.05, 3.63) is 35.4 Å². The highest BCUT2D eigenvalue weighted by molar-refractivity contribution is 7.77. The van der Waals surface area contributed by atoms with E-state index in [0.717, 1.165) is 5.56 Å². The van der Waals surface area contributed by atoms with Gasteiger partial charge in [0.25, 0.3) is 0 Å². The van der Waals surface area contributed by atoms with Crippen molar-refractivity contribution >= 4 is 11.3 Å². The van der Waals surface area contributed by atoms with Gasteiger partial charge in [0.05, 0.1) is 0 Å². The Morgan fingerprint density at radius 3 is 2.38 bits per heavy atom. The van der Waals surface area contributed by atoms with Gasteiger partial charge in [-0.3, -0.25) is 4.55 Å². The Morgan fingerprint density at radius 1 is 1.38 bits per heavy atom. The molecule has 0 radical (unpaired) electrons. The number of nitrogens with one attached hydrogen (secondary N) is 1. The molecular weight excluding hydrogens is 190 g/mol. The minimum atomic E-state index is -2.20. The highest BCUT2D eigenvalue weighted by Crippen LogP contribution is 2.10. The van der Waals surface area contributed by atoms with Gasteiger partial charge in [0.15, 0.2) is 0 Å². The number of rotatable bonds is 3. The van der Waals surface area contributed by atoms with E-state index < -0.39 is 17.5 Å². The molecule has 1 rings (SSSR count). The Labute approximate surface area is 79.0 Å². The number of aliphatic hydroxyl groups excluding tert-OH is 1. The van der Waals surface area contributed by atoms with Gasteiger partial charge < -0.3 is 5.11 Å². The first-order valence-corrected chi connectivity index (χ1v) is 4.82. The quantitative estimate of drug-likeness (QED) is 0.498. The van der Waals surface area contributed by atoms with Crippen LogP contribution < -0.4 is 4.72 Å². The Balaban J connectivity index is 2.71. The molecule has 4 nitrogen and oxygen atoms in total. The average molecular weight is 201 g/mol. The molecular formula is C8H11NO3S. The lowest BCUT2D eigenvalue weighted by molar-refractivity contribution is 0.165. The summed E-state index contributed by atoms with van der Waals surface area (Å²) >= 11 is -2.20. The SMILES string of the molecule is Cc1ccc(C(O)NS(=O)O)cc1. The lowest BCUT2D eigenvalue weighted by atomic mass is 10.1. The second-order valence-corrected chi connectivity index (χ2v) is 3.41. The normalized spacial score (nSPS) is 15.3. The summed E-state index contributed by atoms with van der Waals surface area (Å²) in [4.78, 5) is 0. The molecule has 0 fully saturated rings. The molecule has 1 aromatic carbocycles. The van der Waals surface area contributed by atoms with Gasteiger partial charge in [-0.25, -0.2) is 4.21 Å². The highest BCUT2D eigenvalue weighted by atomic mass is 32.2. The van der Waals surface area contributed by atoms with E-state index in [4.69, 9.17) is 4.55 Å². The van der Waals surface area contributed by atoms with Crippen molar-refractivity contribution in [3.8, 4) is 0 Å². The Kier molecular flexibility index (Phi) is 3.56. The molecule has 0 spiro atoms. The van der Waals surface area contributed by atoms with Crippen molar-refractivity contribution in [1.29, 1.82) is 0 Å². The summed E-state index contributed by atoms with van der Waals surface area (Å²) in [5.74, 6) is 0. The smallest absolute Gasteiger partial charge is 0.234 e. The van der Waals surface area contributed by atoms with Crippen LogP contribution in [0.4, 0.5) is 0 Å². The van der Waals surface area contributed by atoms with Crippen LogP contribution in [0.5, 0.6) is 0 Å². The fourth-order valence-electron chi connectivity index (χ4n) is 0.912. The molecule has 0 bridgehead atoms. The first-order chi connectivity index (χ1) is 6.09. The number of benzene rings is 1. The van der Waals surface area contributed by atoms with Gasteiger partial charge in [-0.2, -0.15) is 4.72 Å². The first kappa shape index (κ1) is 10.3. The molecule has 72 valence electrons. The van der Waals surface area contributed by atoms with Crippen LogP contribution in [-0.4, -0.2) is 13.9 Å². The predicted molar refractivity (Wildman–Crippen MR) is 50.0 cm³/mol. The Bertz CT molecular complexity index is 299. The fourth-order valence-corrected chi connectivity index (χ4v) is 1.24. The standard InChI is InChI=1S/C8H11NO3S/c1-6-2-4-7(5-3-6)8(10)9-13(11)12/h2-5,8-10H,1H3,(H,11,12). The maximum atomic E-state index is 10.3. The van der Waals surface area contributed by atoms with Gasteiger partial charge >= 0.3 is 0 Å². The summed E-state index contributed by atoms with van der Waals surface area (Å²) in [7, 11) is 0. The van der Waals surface area contributed by atoms with Crippen molar-refractivity contribution in [2.45, 2.75) is 13.2 Å². The molecule has 1 aromatic rings. The third kappa shape index (κ3) is 3.23. The lowest BCUT2D eigenvalue weighted by Crippen LogP contribution is -2.22. The van der Waals surface area contributed by atoms with Crippen LogP contribution in [0, 0.1) is 6.92 Å². The molecule has 3 N–H and O–H groups in total. The number of hydrogen-bond acceptors (Lipinski definition) is 2. The van der Waals surface area contributed by atoms with Gasteiger partial charge in [-0.1, -0.05) is 29.8 Å². The second-order valence-electron chi connectivity index (χ2n) is 2.68. The highest BCUT2D eigenvalue weighted by Gasteiger charge is 2.07. The minimum absolute atomic E-state index is 0.563. The molecule has 0 aliphatic heterocycles. The van der Waals surface area contributed by atoms with Crippen molar-refractivity contribution in [2.24, 2.45) is 0 Å². The Hall–Kier alpha value is -0.750. The van der Waals surface area contributed by atoms with Crippen LogP contribution in [-0.2, 0) is 11.3 Å². The van der Waals surface area contributed by atoms with E-state index in [1.807, 2.05) is 19.1 Å². The van der Waals surface area contributed by atoms with E-state index in [-0.39, 0.29) is 0 Å². The van der Waals surface area contributed by atoms with E-state index in [9.17, 15) is 9.32 Å². The number of hydrogen-bond donors (Lipinski definition) is 3. The summed E-state index contributed by atoms with van der Waals surface area (Å²) < 4.78 is 20.8. The lowest BCUT2D eigenvalue weighted by Gasteiger charge is -2.09. The van der Waals surface area contributed by atoms with Gasteiger partial charge in [-0.15, -0.1) is 0 Å². The van der Waals surface area contributed by atoms with Crippen molar-refractivity contribution in [2.75, 3.05) is 0 Å². The number of aliphatic hydroxyl groups is 1. The van der Waals surface area contributed by atoms with Crippen molar-refractivity contribution in [3.63, 3.8) is 0 Å². The topological polar surface area (TPSA) is 69.6 Å². The molecule has 0 aliphatic rings. The van der Waals surface area contributed by atoms with E-state index in [2.05, 4.69) is 4.72 Å². The minimum Gasteiger partial charge on any atom is -0.373 e.